The Morgan fingerprint density at radius 2 is 1.81 bits per heavy atom. The van der Waals surface area contributed by atoms with Crippen LogP contribution in [0, 0.1) is 6.92 Å². The van der Waals surface area contributed by atoms with E-state index in [1.54, 1.807) is 31.3 Å². The number of hydrogen-bond donors (Lipinski definition) is 0. The van der Waals surface area contributed by atoms with Gasteiger partial charge >= 0.3 is 0 Å². The van der Waals surface area contributed by atoms with Crippen LogP contribution in [-0.4, -0.2) is 52.0 Å². The Hall–Kier alpha value is -2.42. The van der Waals surface area contributed by atoms with Gasteiger partial charge in [-0.1, -0.05) is 6.07 Å². The lowest BCUT2D eigenvalue weighted by molar-refractivity contribution is 0.0730. The molecular formula is C19H20N2O5S. The summed E-state index contributed by atoms with van der Waals surface area (Å²) >= 11 is 0. The molecule has 8 heteroatoms. The van der Waals surface area contributed by atoms with Gasteiger partial charge in [0.1, 0.15) is 0 Å². The van der Waals surface area contributed by atoms with E-state index in [4.69, 9.17) is 14.2 Å². The molecule has 2 aliphatic heterocycles. The second kappa shape index (κ2) is 7.30. The second-order valence-electron chi connectivity index (χ2n) is 6.34. The van der Waals surface area contributed by atoms with Crippen LogP contribution in [0.25, 0.3) is 0 Å². The maximum Gasteiger partial charge on any atom is 0.243 e. The van der Waals surface area contributed by atoms with Crippen molar-refractivity contribution < 1.29 is 22.6 Å². The van der Waals surface area contributed by atoms with Crippen molar-refractivity contribution in [2.45, 2.75) is 11.8 Å². The third kappa shape index (κ3) is 3.69. The smallest absolute Gasteiger partial charge is 0.243 e. The van der Waals surface area contributed by atoms with Crippen LogP contribution >= 0.6 is 0 Å². The molecule has 2 aromatic carbocycles. The Kier molecular flexibility index (Phi) is 4.86. The van der Waals surface area contributed by atoms with E-state index in [9.17, 15) is 8.42 Å². The van der Waals surface area contributed by atoms with E-state index < -0.39 is 10.0 Å². The van der Waals surface area contributed by atoms with Crippen molar-refractivity contribution in [1.29, 1.82) is 0 Å². The van der Waals surface area contributed by atoms with Crippen LogP contribution in [0.1, 0.15) is 11.1 Å². The van der Waals surface area contributed by atoms with E-state index >= 15 is 0 Å². The summed E-state index contributed by atoms with van der Waals surface area (Å²) < 4.78 is 43.3. The van der Waals surface area contributed by atoms with Crippen LogP contribution in [0.4, 0.5) is 5.69 Å². The van der Waals surface area contributed by atoms with Crippen LogP contribution in [0.2, 0.25) is 0 Å². The van der Waals surface area contributed by atoms with Crippen molar-refractivity contribution in [3.63, 3.8) is 0 Å². The normalized spacial score (nSPS) is 17.5. The fourth-order valence-electron chi connectivity index (χ4n) is 3.02. The molecule has 0 aromatic heterocycles. The highest BCUT2D eigenvalue weighted by Gasteiger charge is 2.27. The molecule has 27 heavy (non-hydrogen) atoms. The Morgan fingerprint density at radius 3 is 2.63 bits per heavy atom. The first kappa shape index (κ1) is 18.0. The Bertz CT molecular complexity index is 982. The number of hydrogen-bond acceptors (Lipinski definition) is 6. The number of sulfonamides is 1. The fourth-order valence-corrected chi connectivity index (χ4v) is 4.67. The number of nitrogens with zero attached hydrogens (tertiary/aromatic N) is 2. The summed E-state index contributed by atoms with van der Waals surface area (Å²) in [5, 5.41) is 0. The molecule has 0 spiro atoms. The molecule has 1 fully saturated rings. The van der Waals surface area contributed by atoms with Gasteiger partial charge in [0.25, 0.3) is 0 Å². The maximum absolute atomic E-state index is 13.0. The van der Waals surface area contributed by atoms with Crippen LogP contribution in [-0.2, 0) is 14.8 Å². The van der Waals surface area contributed by atoms with E-state index in [-0.39, 0.29) is 11.7 Å². The first-order chi connectivity index (χ1) is 13.0. The summed E-state index contributed by atoms with van der Waals surface area (Å²) in [5.74, 6) is 1.39. The highest BCUT2D eigenvalue weighted by molar-refractivity contribution is 7.89. The Morgan fingerprint density at radius 1 is 1.04 bits per heavy atom. The lowest BCUT2D eigenvalue weighted by atomic mass is 10.2. The Balaban J connectivity index is 1.60. The molecule has 0 radical (unpaired) electrons. The Labute approximate surface area is 158 Å². The van der Waals surface area contributed by atoms with E-state index in [0.29, 0.717) is 49.1 Å². The summed E-state index contributed by atoms with van der Waals surface area (Å²) in [4.78, 5) is 4.72. The van der Waals surface area contributed by atoms with E-state index in [0.717, 1.165) is 5.56 Å². The molecule has 0 N–H and O–H groups in total. The molecule has 7 nitrogen and oxygen atoms in total. The van der Waals surface area contributed by atoms with Gasteiger partial charge in [0.2, 0.25) is 16.8 Å². The summed E-state index contributed by atoms with van der Waals surface area (Å²) in [5.41, 5.74) is 2.12. The van der Waals surface area contributed by atoms with Gasteiger partial charge in [0, 0.05) is 19.3 Å². The van der Waals surface area contributed by atoms with Crippen molar-refractivity contribution in [1.82, 2.24) is 4.31 Å². The number of benzene rings is 2. The van der Waals surface area contributed by atoms with E-state index in [1.807, 2.05) is 18.2 Å². The quantitative estimate of drug-likeness (QED) is 0.752. The molecule has 1 saturated heterocycles. The van der Waals surface area contributed by atoms with Gasteiger partial charge in [-0.2, -0.15) is 4.31 Å². The van der Waals surface area contributed by atoms with Crippen LogP contribution in [0.15, 0.2) is 46.3 Å². The zero-order chi connectivity index (χ0) is 18.9. The van der Waals surface area contributed by atoms with Crippen molar-refractivity contribution in [2.75, 3.05) is 33.1 Å². The number of fused-ring (bicyclic) bond motifs is 1. The zero-order valence-electron chi connectivity index (χ0n) is 14.9. The minimum Gasteiger partial charge on any atom is -0.454 e. The molecular weight excluding hydrogens is 368 g/mol. The molecule has 2 aliphatic rings. The van der Waals surface area contributed by atoms with Gasteiger partial charge in [-0.15, -0.1) is 0 Å². The molecule has 0 unspecified atom stereocenters. The first-order valence-corrected chi connectivity index (χ1v) is 10.1. The lowest BCUT2D eigenvalue weighted by Crippen LogP contribution is -2.40. The predicted octanol–water partition coefficient (Wildman–Crippen LogP) is 2.50. The average Bonchev–Trinajstić information content (AvgIpc) is 3.16. The lowest BCUT2D eigenvalue weighted by Gasteiger charge is -2.26. The molecule has 0 saturated carbocycles. The highest BCUT2D eigenvalue weighted by atomic mass is 32.2. The molecule has 0 amide bonds. The van der Waals surface area contributed by atoms with Gasteiger partial charge in [0.05, 0.1) is 23.8 Å². The average molecular weight is 388 g/mol. The molecule has 0 aliphatic carbocycles. The SMILES string of the molecule is Cc1ccc(N=Cc2ccc3c(c2)OCO3)cc1S(=O)(=O)N1CCOCC1. The van der Waals surface area contributed by atoms with Crippen LogP contribution < -0.4 is 9.47 Å². The second-order valence-corrected chi connectivity index (χ2v) is 8.24. The number of morpholine rings is 1. The molecule has 2 heterocycles. The third-order valence-corrected chi connectivity index (χ3v) is 6.56. The minimum atomic E-state index is -3.56. The molecule has 4 rings (SSSR count). The predicted molar refractivity (Wildman–Crippen MR) is 101 cm³/mol. The first-order valence-electron chi connectivity index (χ1n) is 8.66. The monoisotopic (exact) mass is 388 g/mol. The number of aliphatic imine (C=N–C) groups is 1. The summed E-state index contributed by atoms with van der Waals surface area (Å²) in [6.45, 7) is 3.58. The van der Waals surface area contributed by atoms with Gasteiger partial charge in [-0.05, 0) is 48.4 Å². The van der Waals surface area contributed by atoms with Crippen LogP contribution in [0.3, 0.4) is 0 Å². The minimum absolute atomic E-state index is 0.219. The van der Waals surface area contributed by atoms with Crippen molar-refractivity contribution >= 4 is 21.9 Å². The standard InChI is InChI=1S/C19H20N2O5S/c1-14-2-4-16(11-19(14)27(22,23)21-6-8-24-9-7-21)20-12-15-3-5-17-18(10-15)26-13-25-17/h2-5,10-12H,6-9,13H2,1H3. The van der Waals surface area contributed by atoms with Gasteiger partial charge < -0.3 is 14.2 Å². The number of rotatable bonds is 4. The third-order valence-electron chi connectivity index (χ3n) is 4.52. The number of ether oxygens (including phenoxy) is 3. The summed E-state index contributed by atoms with van der Waals surface area (Å²) in [7, 11) is -3.56. The van der Waals surface area contributed by atoms with Crippen molar-refractivity contribution in [2.24, 2.45) is 4.99 Å². The van der Waals surface area contributed by atoms with Crippen molar-refractivity contribution in [3.8, 4) is 11.5 Å². The van der Waals surface area contributed by atoms with Gasteiger partial charge in [-0.3, -0.25) is 4.99 Å². The van der Waals surface area contributed by atoms with E-state index in [1.165, 1.54) is 4.31 Å². The largest absolute Gasteiger partial charge is 0.454 e. The highest BCUT2D eigenvalue weighted by Crippen LogP contribution is 2.32. The van der Waals surface area contributed by atoms with Gasteiger partial charge in [0.15, 0.2) is 11.5 Å². The topological polar surface area (TPSA) is 77.4 Å². The summed E-state index contributed by atoms with van der Waals surface area (Å²) in [6, 6.07) is 10.7. The molecule has 142 valence electrons. The fraction of sp³-hybridized carbons (Fsp3) is 0.316. The molecule has 2 aromatic rings. The van der Waals surface area contributed by atoms with E-state index in [2.05, 4.69) is 4.99 Å². The van der Waals surface area contributed by atoms with Crippen molar-refractivity contribution in [3.05, 3.63) is 47.5 Å². The maximum atomic E-state index is 13.0. The zero-order valence-corrected chi connectivity index (χ0v) is 15.7. The van der Waals surface area contributed by atoms with Gasteiger partial charge in [-0.25, -0.2) is 8.42 Å². The van der Waals surface area contributed by atoms with Crippen LogP contribution in [0.5, 0.6) is 11.5 Å². The molecule has 0 bridgehead atoms. The number of aryl methyl sites for hydroxylation is 1. The molecule has 0 atom stereocenters. The summed E-state index contributed by atoms with van der Waals surface area (Å²) in [6.07, 6.45) is 1.68.